The van der Waals surface area contributed by atoms with E-state index in [4.69, 9.17) is 16.3 Å². The van der Waals surface area contributed by atoms with E-state index in [1.165, 1.54) is 17.0 Å². The molecule has 1 atom stereocenters. The maximum absolute atomic E-state index is 13.5. The molecule has 1 aliphatic heterocycles. The second kappa shape index (κ2) is 8.39. The van der Waals surface area contributed by atoms with Crippen LogP contribution in [0.25, 0.3) is 0 Å². The van der Waals surface area contributed by atoms with Crippen LogP contribution in [0.2, 0.25) is 5.02 Å². The van der Waals surface area contributed by atoms with Gasteiger partial charge >= 0.3 is 0 Å². The topological polar surface area (TPSA) is 49.9 Å². The summed E-state index contributed by atoms with van der Waals surface area (Å²) < 4.78 is 18.9. The summed E-state index contributed by atoms with van der Waals surface area (Å²) in [4.78, 5) is 28.0. The third kappa shape index (κ3) is 4.39. The van der Waals surface area contributed by atoms with Crippen LogP contribution >= 0.6 is 11.6 Å². The van der Waals surface area contributed by atoms with Gasteiger partial charge in [0.05, 0.1) is 23.2 Å². The maximum atomic E-state index is 13.5. The van der Waals surface area contributed by atoms with Gasteiger partial charge < -0.3 is 14.5 Å². The van der Waals surface area contributed by atoms with Crippen molar-refractivity contribution in [2.45, 2.75) is 6.42 Å². The molecular weight excluding hydrogens is 371 g/mol. The SMILES string of the molecule is CN(CCOc1ccccc1F)C(=O)C1CC(=O)N(c2ccccc2Cl)C1. The Bertz CT molecular complexity index is 845. The average molecular weight is 391 g/mol. The first-order valence-corrected chi connectivity index (χ1v) is 9.02. The van der Waals surface area contributed by atoms with Crippen LogP contribution in [0.5, 0.6) is 5.75 Å². The molecule has 2 amide bonds. The molecule has 0 N–H and O–H groups in total. The van der Waals surface area contributed by atoms with Gasteiger partial charge in [-0.2, -0.15) is 0 Å². The lowest BCUT2D eigenvalue weighted by atomic mass is 10.1. The first-order valence-electron chi connectivity index (χ1n) is 8.64. The monoisotopic (exact) mass is 390 g/mol. The second-order valence-electron chi connectivity index (χ2n) is 6.40. The normalized spacial score (nSPS) is 16.5. The summed E-state index contributed by atoms with van der Waals surface area (Å²) in [6, 6.07) is 13.2. The van der Waals surface area contributed by atoms with Crippen molar-refractivity contribution in [2.24, 2.45) is 5.92 Å². The summed E-state index contributed by atoms with van der Waals surface area (Å²) in [5.74, 6) is -0.998. The molecule has 1 heterocycles. The lowest BCUT2D eigenvalue weighted by Crippen LogP contribution is -2.37. The van der Waals surface area contributed by atoms with Crippen LogP contribution in [0.1, 0.15) is 6.42 Å². The van der Waals surface area contributed by atoms with E-state index in [2.05, 4.69) is 0 Å². The van der Waals surface area contributed by atoms with E-state index >= 15 is 0 Å². The van der Waals surface area contributed by atoms with Gasteiger partial charge in [0.25, 0.3) is 0 Å². The molecule has 5 nitrogen and oxygen atoms in total. The van der Waals surface area contributed by atoms with Crippen molar-refractivity contribution in [1.82, 2.24) is 4.90 Å². The Labute approximate surface area is 162 Å². The molecule has 1 unspecified atom stereocenters. The van der Waals surface area contributed by atoms with Crippen LogP contribution in [0.4, 0.5) is 10.1 Å². The molecule has 2 aromatic carbocycles. The number of para-hydroxylation sites is 2. The number of carbonyl (C=O) groups excluding carboxylic acids is 2. The smallest absolute Gasteiger partial charge is 0.227 e. The minimum atomic E-state index is -0.441. The van der Waals surface area contributed by atoms with Gasteiger partial charge in [0, 0.05) is 20.0 Å². The van der Waals surface area contributed by atoms with E-state index in [1.807, 2.05) is 0 Å². The zero-order valence-corrected chi connectivity index (χ0v) is 15.7. The molecule has 0 spiro atoms. The molecule has 1 aliphatic rings. The summed E-state index contributed by atoms with van der Waals surface area (Å²) in [6.45, 7) is 0.752. The number of benzene rings is 2. The van der Waals surface area contributed by atoms with Crippen molar-refractivity contribution >= 4 is 29.1 Å². The highest BCUT2D eigenvalue weighted by molar-refractivity contribution is 6.33. The van der Waals surface area contributed by atoms with Gasteiger partial charge in [0.15, 0.2) is 11.6 Å². The standard InChI is InChI=1S/C20H20ClFN2O3/c1-23(10-11-27-18-9-5-3-7-16(18)22)20(26)14-12-19(25)24(13-14)17-8-4-2-6-15(17)21/h2-9,14H,10-13H2,1H3. The number of rotatable bonds is 6. The highest BCUT2D eigenvalue weighted by Gasteiger charge is 2.37. The Hall–Kier alpha value is -2.60. The second-order valence-corrected chi connectivity index (χ2v) is 6.80. The Balaban J connectivity index is 1.55. The number of likely N-dealkylation sites (N-methyl/N-ethyl adjacent to an activating group) is 1. The highest BCUT2D eigenvalue weighted by atomic mass is 35.5. The number of nitrogens with zero attached hydrogens (tertiary/aromatic N) is 2. The molecule has 0 aromatic heterocycles. The van der Waals surface area contributed by atoms with Crippen LogP contribution in [0.15, 0.2) is 48.5 Å². The molecule has 27 heavy (non-hydrogen) atoms. The van der Waals surface area contributed by atoms with Gasteiger partial charge in [-0.1, -0.05) is 35.9 Å². The Kier molecular flexibility index (Phi) is 5.96. The largest absolute Gasteiger partial charge is 0.489 e. The molecule has 0 bridgehead atoms. The summed E-state index contributed by atoms with van der Waals surface area (Å²) in [7, 11) is 1.65. The number of hydrogen-bond donors (Lipinski definition) is 0. The summed E-state index contributed by atoms with van der Waals surface area (Å²) in [6.07, 6.45) is 0.141. The van der Waals surface area contributed by atoms with Gasteiger partial charge in [-0.05, 0) is 24.3 Å². The molecule has 3 rings (SSSR count). The van der Waals surface area contributed by atoms with E-state index in [0.29, 0.717) is 23.8 Å². The molecule has 0 saturated carbocycles. The predicted molar refractivity (Wildman–Crippen MR) is 101 cm³/mol. The van der Waals surface area contributed by atoms with Crippen molar-refractivity contribution < 1.29 is 18.7 Å². The van der Waals surface area contributed by atoms with E-state index in [9.17, 15) is 14.0 Å². The van der Waals surface area contributed by atoms with E-state index < -0.39 is 11.7 Å². The average Bonchev–Trinajstić information content (AvgIpc) is 3.04. The number of carbonyl (C=O) groups is 2. The van der Waals surface area contributed by atoms with Crippen molar-refractivity contribution in [2.75, 3.05) is 31.6 Å². The van der Waals surface area contributed by atoms with Crippen molar-refractivity contribution in [3.8, 4) is 5.75 Å². The molecule has 2 aromatic rings. The van der Waals surface area contributed by atoms with Crippen molar-refractivity contribution in [3.05, 3.63) is 59.4 Å². The minimum Gasteiger partial charge on any atom is -0.489 e. The fraction of sp³-hybridized carbons (Fsp3) is 0.300. The number of hydrogen-bond acceptors (Lipinski definition) is 3. The zero-order chi connectivity index (χ0) is 19.4. The number of amides is 2. The summed E-state index contributed by atoms with van der Waals surface area (Å²) in [5, 5.41) is 0.477. The van der Waals surface area contributed by atoms with Crippen LogP contribution in [0, 0.1) is 11.7 Å². The molecule has 0 radical (unpaired) electrons. The number of halogens is 2. The molecular formula is C20H20ClFN2O3. The third-order valence-electron chi connectivity index (χ3n) is 4.51. The van der Waals surface area contributed by atoms with Crippen LogP contribution in [0.3, 0.4) is 0 Å². The van der Waals surface area contributed by atoms with Gasteiger partial charge in [0.2, 0.25) is 11.8 Å². The van der Waals surface area contributed by atoms with Gasteiger partial charge in [0.1, 0.15) is 6.61 Å². The quantitative estimate of drug-likeness (QED) is 0.759. The van der Waals surface area contributed by atoms with Crippen molar-refractivity contribution in [3.63, 3.8) is 0 Å². The van der Waals surface area contributed by atoms with Crippen molar-refractivity contribution in [1.29, 1.82) is 0 Å². The lowest BCUT2D eigenvalue weighted by molar-refractivity contribution is -0.134. The number of anilines is 1. The van der Waals surface area contributed by atoms with Gasteiger partial charge in [-0.15, -0.1) is 0 Å². The first-order chi connectivity index (χ1) is 13.0. The Morgan fingerprint density at radius 2 is 1.96 bits per heavy atom. The first kappa shape index (κ1) is 19.2. The number of ether oxygens (including phenoxy) is 1. The zero-order valence-electron chi connectivity index (χ0n) is 14.9. The molecule has 142 valence electrons. The predicted octanol–water partition coefficient (Wildman–Crippen LogP) is 3.37. The Morgan fingerprint density at radius 1 is 1.26 bits per heavy atom. The maximum Gasteiger partial charge on any atom is 0.227 e. The summed E-state index contributed by atoms with van der Waals surface area (Å²) in [5.41, 5.74) is 0.616. The minimum absolute atomic E-state index is 0.127. The fourth-order valence-corrected chi connectivity index (χ4v) is 3.29. The molecule has 1 fully saturated rings. The molecule has 0 aliphatic carbocycles. The van der Waals surface area contributed by atoms with Gasteiger partial charge in [-0.3, -0.25) is 9.59 Å². The third-order valence-corrected chi connectivity index (χ3v) is 4.83. The van der Waals surface area contributed by atoms with E-state index in [-0.39, 0.29) is 30.6 Å². The van der Waals surface area contributed by atoms with E-state index in [1.54, 1.807) is 48.3 Å². The molecule has 7 heteroatoms. The highest BCUT2D eigenvalue weighted by Crippen LogP contribution is 2.31. The van der Waals surface area contributed by atoms with Crippen LogP contribution < -0.4 is 9.64 Å². The van der Waals surface area contributed by atoms with Crippen LogP contribution in [-0.2, 0) is 9.59 Å². The van der Waals surface area contributed by atoms with Gasteiger partial charge in [-0.25, -0.2) is 4.39 Å². The van der Waals surface area contributed by atoms with E-state index in [0.717, 1.165) is 0 Å². The van der Waals surface area contributed by atoms with Crippen LogP contribution in [-0.4, -0.2) is 43.5 Å². The summed E-state index contributed by atoms with van der Waals surface area (Å²) >= 11 is 6.16. The molecule has 1 saturated heterocycles. The lowest BCUT2D eigenvalue weighted by Gasteiger charge is -2.22. The Morgan fingerprint density at radius 3 is 2.70 bits per heavy atom. The fourth-order valence-electron chi connectivity index (χ4n) is 3.05.